The number of anilines is 1. The minimum absolute atomic E-state index is 0.179. The summed E-state index contributed by atoms with van der Waals surface area (Å²) in [5.41, 5.74) is 4.57. The number of amides is 2. The molecular weight excluding hydrogens is 464 g/mol. The van der Waals surface area contributed by atoms with Gasteiger partial charge in [-0.1, -0.05) is 71.9 Å². The number of carbonyl (C=O) groups excluding carboxylic acids is 2. The minimum Gasteiger partial charge on any atom is -0.507 e. The van der Waals surface area contributed by atoms with Crippen molar-refractivity contribution in [2.45, 2.75) is 85.0 Å². The molecular formula is C31H44N2O4. The van der Waals surface area contributed by atoms with Gasteiger partial charge in [-0.3, -0.25) is 4.79 Å². The number of benzene rings is 2. The van der Waals surface area contributed by atoms with Crippen LogP contribution in [0.1, 0.15) is 83.6 Å². The van der Waals surface area contributed by atoms with Gasteiger partial charge >= 0.3 is 12.0 Å². The van der Waals surface area contributed by atoms with Crippen molar-refractivity contribution in [2.24, 2.45) is 5.92 Å². The number of aryl methyl sites for hydroxylation is 2. The number of esters is 1. The van der Waals surface area contributed by atoms with E-state index in [1.54, 1.807) is 11.8 Å². The second kappa shape index (κ2) is 11.6. The molecule has 1 saturated heterocycles. The lowest BCUT2D eigenvalue weighted by atomic mass is 9.78. The average molecular weight is 509 g/mol. The molecule has 1 unspecified atom stereocenters. The number of carbonyl (C=O) groups is 2. The Morgan fingerprint density at radius 1 is 1.03 bits per heavy atom. The van der Waals surface area contributed by atoms with Gasteiger partial charge in [0.15, 0.2) is 0 Å². The summed E-state index contributed by atoms with van der Waals surface area (Å²) in [6.07, 6.45) is 3.07. The van der Waals surface area contributed by atoms with Gasteiger partial charge in [-0.05, 0) is 71.8 Å². The molecule has 0 radical (unpaired) electrons. The number of nitrogens with one attached hydrogen (secondary N) is 1. The SMILES string of the molecule is CCOC(=O)C1CCCN(C(=O)Nc2ccccc2CCc2cc(C(C)(C)C)c(O)c(C(C)(C)C)c2)C1. The second-order valence-corrected chi connectivity index (χ2v) is 12.2. The molecule has 1 atom stereocenters. The Hall–Kier alpha value is -3.02. The van der Waals surface area contributed by atoms with Crippen molar-refractivity contribution in [3.8, 4) is 5.75 Å². The molecule has 6 heteroatoms. The zero-order valence-electron chi connectivity index (χ0n) is 23.6. The highest BCUT2D eigenvalue weighted by atomic mass is 16.5. The molecule has 0 spiro atoms. The van der Waals surface area contributed by atoms with Gasteiger partial charge in [-0.2, -0.15) is 0 Å². The van der Waals surface area contributed by atoms with Gasteiger partial charge in [0.1, 0.15) is 5.75 Å². The third-order valence-electron chi connectivity index (χ3n) is 7.06. The van der Waals surface area contributed by atoms with Crippen LogP contribution in [0.25, 0.3) is 0 Å². The van der Waals surface area contributed by atoms with E-state index in [0.717, 1.165) is 48.1 Å². The first-order valence-electron chi connectivity index (χ1n) is 13.5. The monoisotopic (exact) mass is 508 g/mol. The molecule has 6 nitrogen and oxygen atoms in total. The maximum Gasteiger partial charge on any atom is 0.321 e. The Labute approximate surface area is 222 Å². The summed E-state index contributed by atoms with van der Waals surface area (Å²) >= 11 is 0. The first-order valence-corrected chi connectivity index (χ1v) is 13.5. The number of hydrogen-bond donors (Lipinski definition) is 2. The highest BCUT2D eigenvalue weighted by Gasteiger charge is 2.30. The van der Waals surface area contributed by atoms with E-state index in [4.69, 9.17) is 4.74 Å². The number of ether oxygens (including phenoxy) is 1. The molecule has 0 aromatic heterocycles. The largest absolute Gasteiger partial charge is 0.507 e. The Balaban J connectivity index is 1.76. The van der Waals surface area contributed by atoms with E-state index in [0.29, 0.717) is 25.4 Å². The van der Waals surface area contributed by atoms with E-state index < -0.39 is 0 Å². The fourth-order valence-corrected chi connectivity index (χ4v) is 4.93. The summed E-state index contributed by atoms with van der Waals surface area (Å²) in [7, 11) is 0. The van der Waals surface area contributed by atoms with Crippen molar-refractivity contribution < 1.29 is 19.4 Å². The molecule has 1 aliphatic heterocycles. The number of urea groups is 1. The smallest absolute Gasteiger partial charge is 0.321 e. The maximum atomic E-state index is 13.1. The summed E-state index contributed by atoms with van der Waals surface area (Å²) in [5.74, 6) is -0.101. The van der Waals surface area contributed by atoms with E-state index in [2.05, 4.69) is 59.0 Å². The molecule has 1 aliphatic rings. The van der Waals surface area contributed by atoms with Crippen LogP contribution in [0.4, 0.5) is 10.5 Å². The van der Waals surface area contributed by atoms with Crippen LogP contribution in [0.15, 0.2) is 36.4 Å². The Morgan fingerprint density at radius 3 is 2.24 bits per heavy atom. The summed E-state index contributed by atoms with van der Waals surface area (Å²) in [6, 6.07) is 11.9. The molecule has 202 valence electrons. The van der Waals surface area contributed by atoms with Crippen LogP contribution in [0.5, 0.6) is 5.75 Å². The van der Waals surface area contributed by atoms with E-state index in [9.17, 15) is 14.7 Å². The van der Waals surface area contributed by atoms with Crippen LogP contribution in [-0.2, 0) is 33.2 Å². The van der Waals surface area contributed by atoms with E-state index in [-0.39, 0.29) is 28.7 Å². The summed E-state index contributed by atoms with van der Waals surface area (Å²) in [5, 5.41) is 14.1. The predicted octanol–water partition coefficient (Wildman–Crippen LogP) is 6.58. The zero-order chi connectivity index (χ0) is 27.4. The number of piperidine rings is 1. The Bertz CT molecular complexity index is 1080. The molecule has 0 bridgehead atoms. The van der Waals surface area contributed by atoms with Crippen LogP contribution in [-0.4, -0.2) is 41.7 Å². The fraction of sp³-hybridized carbons (Fsp3) is 0.548. The van der Waals surface area contributed by atoms with E-state index >= 15 is 0 Å². The van der Waals surface area contributed by atoms with Crippen molar-refractivity contribution in [3.05, 3.63) is 58.7 Å². The first-order chi connectivity index (χ1) is 17.3. The number of likely N-dealkylation sites (tertiary alicyclic amines) is 1. The predicted molar refractivity (Wildman–Crippen MR) is 149 cm³/mol. The molecule has 0 aliphatic carbocycles. The summed E-state index contributed by atoms with van der Waals surface area (Å²) in [6.45, 7) is 15.9. The number of aromatic hydroxyl groups is 1. The van der Waals surface area contributed by atoms with Crippen molar-refractivity contribution in [3.63, 3.8) is 0 Å². The van der Waals surface area contributed by atoms with Gasteiger partial charge in [0.2, 0.25) is 0 Å². The number of rotatable bonds is 6. The van der Waals surface area contributed by atoms with Crippen molar-refractivity contribution in [1.82, 2.24) is 4.90 Å². The van der Waals surface area contributed by atoms with Crippen molar-refractivity contribution >= 4 is 17.7 Å². The first kappa shape index (κ1) is 28.5. The third kappa shape index (κ3) is 7.27. The molecule has 3 rings (SSSR count). The van der Waals surface area contributed by atoms with Gasteiger partial charge in [-0.25, -0.2) is 4.79 Å². The highest BCUT2D eigenvalue weighted by molar-refractivity contribution is 5.90. The van der Waals surface area contributed by atoms with E-state index in [1.807, 2.05) is 24.3 Å². The number of phenols is 1. The quantitative estimate of drug-likeness (QED) is 0.432. The Kier molecular flexibility index (Phi) is 8.93. The van der Waals surface area contributed by atoms with Crippen LogP contribution < -0.4 is 5.32 Å². The Morgan fingerprint density at radius 2 is 1.65 bits per heavy atom. The summed E-state index contributed by atoms with van der Waals surface area (Å²) < 4.78 is 5.17. The number of hydrogen-bond acceptors (Lipinski definition) is 4. The number of para-hydroxylation sites is 1. The van der Waals surface area contributed by atoms with Crippen LogP contribution in [0.2, 0.25) is 0 Å². The molecule has 2 aromatic rings. The zero-order valence-corrected chi connectivity index (χ0v) is 23.6. The molecule has 2 N–H and O–H groups in total. The van der Waals surface area contributed by atoms with Crippen LogP contribution in [0.3, 0.4) is 0 Å². The number of nitrogens with zero attached hydrogens (tertiary/aromatic N) is 1. The molecule has 0 saturated carbocycles. The van der Waals surface area contributed by atoms with E-state index in [1.165, 1.54) is 5.56 Å². The lowest BCUT2D eigenvalue weighted by Crippen LogP contribution is -2.44. The number of phenolic OH excluding ortho intramolecular Hbond substituents is 1. The van der Waals surface area contributed by atoms with Gasteiger partial charge in [0.25, 0.3) is 0 Å². The standard InChI is InChI=1S/C31H44N2O4/c1-8-37-28(35)23-13-11-17-33(20-23)29(36)32-26-14-10-9-12-22(26)16-15-21-18-24(30(2,3)4)27(34)25(19-21)31(5,6)7/h9-10,12,14,18-19,23,34H,8,11,13,15-17,20H2,1-7H3,(H,32,36). The van der Waals surface area contributed by atoms with Crippen LogP contribution in [0, 0.1) is 5.92 Å². The fourth-order valence-electron chi connectivity index (χ4n) is 4.93. The second-order valence-electron chi connectivity index (χ2n) is 12.2. The van der Waals surface area contributed by atoms with Crippen molar-refractivity contribution in [1.29, 1.82) is 0 Å². The maximum absolute atomic E-state index is 13.1. The van der Waals surface area contributed by atoms with Gasteiger partial charge in [0.05, 0.1) is 12.5 Å². The van der Waals surface area contributed by atoms with Crippen LogP contribution >= 0.6 is 0 Å². The molecule has 1 heterocycles. The molecule has 1 fully saturated rings. The average Bonchev–Trinajstić information content (AvgIpc) is 2.83. The topological polar surface area (TPSA) is 78.9 Å². The third-order valence-corrected chi connectivity index (χ3v) is 7.06. The summed E-state index contributed by atoms with van der Waals surface area (Å²) in [4.78, 5) is 27.0. The van der Waals surface area contributed by atoms with Gasteiger partial charge in [-0.15, -0.1) is 0 Å². The molecule has 2 amide bonds. The van der Waals surface area contributed by atoms with Gasteiger partial charge in [0, 0.05) is 18.8 Å². The highest BCUT2D eigenvalue weighted by Crippen LogP contribution is 2.40. The minimum atomic E-state index is -0.266. The van der Waals surface area contributed by atoms with Gasteiger partial charge < -0.3 is 20.1 Å². The molecule has 37 heavy (non-hydrogen) atoms. The lowest BCUT2D eigenvalue weighted by molar-refractivity contribution is -0.149. The normalized spacial score (nSPS) is 16.4. The van der Waals surface area contributed by atoms with Crippen molar-refractivity contribution in [2.75, 3.05) is 25.0 Å². The molecule has 2 aromatic carbocycles. The lowest BCUT2D eigenvalue weighted by Gasteiger charge is -2.31.